The molecule has 1 aliphatic rings. The summed E-state index contributed by atoms with van der Waals surface area (Å²) in [6.45, 7) is 3.13. The lowest BCUT2D eigenvalue weighted by molar-refractivity contribution is 0.488. The molecule has 1 saturated carbocycles. The molecule has 1 aromatic carbocycles. The van der Waals surface area contributed by atoms with Crippen molar-refractivity contribution in [2.75, 3.05) is 6.54 Å². The van der Waals surface area contributed by atoms with Gasteiger partial charge in [0.1, 0.15) is 5.82 Å². The van der Waals surface area contributed by atoms with Gasteiger partial charge < -0.3 is 5.32 Å². The van der Waals surface area contributed by atoms with Crippen LogP contribution in [0.1, 0.15) is 43.5 Å². The molecule has 1 atom stereocenters. The number of halogens is 1. The lowest BCUT2D eigenvalue weighted by atomic mass is 10.1. The van der Waals surface area contributed by atoms with E-state index in [-0.39, 0.29) is 5.82 Å². The van der Waals surface area contributed by atoms with E-state index in [1.807, 2.05) is 6.07 Å². The van der Waals surface area contributed by atoms with Crippen LogP contribution in [-0.2, 0) is 0 Å². The van der Waals surface area contributed by atoms with Gasteiger partial charge in [0, 0.05) is 15.6 Å². The summed E-state index contributed by atoms with van der Waals surface area (Å²) in [5.41, 5.74) is 0. The molecule has 1 fully saturated rings. The zero-order valence-corrected chi connectivity index (χ0v) is 12.1. The molecule has 2 aromatic rings. The first kappa shape index (κ1) is 13.1. The van der Waals surface area contributed by atoms with Gasteiger partial charge in [0.2, 0.25) is 0 Å². The predicted octanol–water partition coefficient (Wildman–Crippen LogP) is 4.88. The molecule has 3 heteroatoms. The summed E-state index contributed by atoms with van der Waals surface area (Å²) in [6.07, 6.45) is 5.35. The zero-order chi connectivity index (χ0) is 13.2. The monoisotopic (exact) mass is 277 g/mol. The van der Waals surface area contributed by atoms with Crippen LogP contribution >= 0.6 is 11.3 Å². The van der Waals surface area contributed by atoms with E-state index < -0.39 is 0 Å². The number of rotatable bonds is 6. The van der Waals surface area contributed by atoms with Gasteiger partial charge >= 0.3 is 0 Å². The largest absolute Gasteiger partial charge is 0.310 e. The Labute approximate surface area is 117 Å². The summed E-state index contributed by atoms with van der Waals surface area (Å²) in [5, 5.41) is 4.74. The third kappa shape index (κ3) is 3.15. The molecule has 0 amide bonds. The Balaban J connectivity index is 1.81. The SMILES string of the molecule is CCNC(CCC1CC1)c1cc2ccc(F)cc2s1. The van der Waals surface area contributed by atoms with Gasteiger partial charge in [-0.25, -0.2) is 4.39 Å². The second-order valence-corrected chi connectivity index (χ2v) is 6.58. The van der Waals surface area contributed by atoms with Crippen LogP contribution in [0.3, 0.4) is 0 Å². The molecule has 19 heavy (non-hydrogen) atoms. The number of thiophene rings is 1. The average molecular weight is 277 g/mol. The van der Waals surface area contributed by atoms with E-state index >= 15 is 0 Å². The maximum atomic E-state index is 13.2. The third-order valence-electron chi connectivity index (χ3n) is 3.86. The minimum absolute atomic E-state index is 0.140. The summed E-state index contributed by atoms with van der Waals surface area (Å²) in [4.78, 5) is 1.35. The first-order valence-corrected chi connectivity index (χ1v) is 8.00. The number of nitrogens with one attached hydrogen (secondary N) is 1. The second kappa shape index (κ2) is 5.59. The van der Waals surface area contributed by atoms with E-state index in [1.54, 1.807) is 23.5 Å². The van der Waals surface area contributed by atoms with Crippen molar-refractivity contribution in [3.05, 3.63) is 35.0 Å². The fourth-order valence-corrected chi connectivity index (χ4v) is 3.80. The van der Waals surface area contributed by atoms with Gasteiger partial charge in [0.15, 0.2) is 0 Å². The molecule has 1 heterocycles. The minimum Gasteiger partial charge on any atom is -0.310 e. The van der Waals surface area contributed by atoms with Gasteiger partial charge in [-0.2, -0.15) is 0 Å². The first-order valence-electron chi connectivity index (χ1n) is 7.18. The van der Waals surface area contributed by atoms with E-state index in [1.165, 1.54) is 30.6 Å². The summed E-state index contributed by atoms with van der Waals surface area (Å²) in [7, 11) is 0. The molecule has 0 aliphatic heterocycles. The molecular weight excluding hydrogens is 257 g/mol. The molecule has 1 aromatic heterocycles. The molecule has 0 bridgehead atoms. The van der Waals surface area contributed by atoms with Gasteiger partial charge in [-0.3, -0.25) is 0 Å². The maximum Gasteiger partial charge on any atom is 0.124 e. The maximum absolute atomic E-state index is 13.2. The van der Waals surface area contributed by atoms with E-state index in [2.05, 4.69) is 18.3 Å². The molecular formula is C16H20FNS. The van der Waals surface area contributed by atoms with Crippen LogP contribution in [0.5, 0.6) is 0 Å². The van der Waals surface area contributed by atoms with Crippen LogP contribution in [0.4, 0.5) is 4.39 Å². The van der Waals surface area contributed by atoms with Crippen LogP contribution in [0.15, 0.2) is 24.3 Å². The van der Waals surface area contributed by atoms with E-state index in [0.717, 1.165) is 22.5 Å². The fraction of sp³-hybridized carbons (Fsp3) is 0.500. The van der Waals surface area contributed by atoms with Crippen molar-refractivity contribution in [3.8, 4) is 0 Å². The Hall–Kier alpha value is -0.930. The third-order valence-corrected chi connectivity index (χ3v) is 5.07. The highest BCUT2D eigenvalue weighted by molar-refractivity contribution is 7.19. The van der Waals surface area contributed by atoms with Crippen molar-refractivity contribution < 1.29 is 4.39 Å². The smallest absolute Gasteiger partial charge is 0.124 e. The van der Waals surface area contributed by atoms with Crippen molar-refractivity contribution in [1.82, 2.24) is 5.32 Å². The number of fused-ring (bicyclic) bond motifs is 1. The lowest BCUT2D eigenvalue weighted by Crippen LogP contribution is -2.20. The van der Waals surface area contributed by atoms with E-state index in [4.69, 9.17) is 0 Å². The number of benzene rings is 1. The molecule has 0 spiro atoms. The highest BCUT2D eigenvalue weighted by Gasteiger charge is 2.23. The molecule has 1 unspecified atom stereocenters. The van der Waals surface area contributed by atoms with Crippen LogP contribution in [0.2, 0.25) is 0 Å². The summed E-state index contributed by atoms with van der Waals surface area (Å²) >= 11 is 1.73. The van der Waals surface area contributed by atoms with E-state index in [0.29, 0.717) is 6.04 Å². The molecule has 0 radical (unpaired) electrons. The van der Waals surface area contributed by atoms with Crippen LogP contribution < -0.4 is 5.32 Å². The highest BCUT2D eigenvalue weighted by Crippen LogP contribution is 2.38. The number of hydrogen-bond donors (Lipinski definition) is 1. The summed E-state index contributed by atoms with van der Waals surface area (Å²) in [5.74, 6) is 0.826. The number of hydrogen-bond acceptors (Lipinski definition) is 2. The zero-order valence-electron chi connectivity index (χ0n) is 11.3. The molecule has 102 valence electrons. The molecule has 0 saturated heterocycles. The standard InChI is InChI=1S/C16H20FNS/c1-2-18-14(8-5-11-3-4-11)16-9-12-6-7-13(17)10-15(12)19-16/h6-7,9-11,14,18H,2-5,8H2,1H3. The fourth-order valence-electron chi connectivity index (χ4n) is 2.60. The first-order chi connectivity index (χ1) is 9.26. The molecule has 1 N–H and O–H groups in total. The van der Waals surface area contributed by atoms with Crippen LogP contribution in [0.25, 0.3) is 10.1 Å². The molecule has 1 aliphatic carbocycles. The Kier molecular flexibility index (Phi) is 3.85. The Bertz CT molecular complexity index is 559. The summed E-state index contributed by atoms with van der Waals surface area (Å²) in [6, 6.07) is 7.73. The van der Waals surface area contributed by atoms with Gasteiger partial charge in [0.25, 0.3) is 0 Å². The second-order valence-electron chi connectivity index (χ2n) is 5.46. The average Bonchev–Trinajstić information content (AvgIpc) is 3.12. The normalized spacial score (nSPS) is 16.9. The van der Waals surface area contributed by atoms with Crippen LogP contribution in [0, 0.1) is 11.7 Å². The lowest BCUT2D eigenvalue weighted by Gasteiger charge is -2.15. The van der Waals surface area contributed by atoms with Gasteiger partial charge in [0.05, 0.1) is 0 Å². The van der Waals surface area contributed by atoms with Crippen LogP contribution in [-0.4, -0.2) is 6.54 Å². The summed E-state index contributed by atoms with van der Waals surface area (Å²) < 4.78 is 14.3. The van der Waals surface area contributed by atoms with Gasteiger partial charge in [-0.1, -0.05) is 25.8 Å². The van der Waals surface area contributed by atoms with Crippen molar-refractivity contribution in [1.29, 1.82) is 0 Å². The Morgan fingerprint density at radius 2 is 2.21 bits per heavy atom. The van der Waals surface area contributed by atoms with Gasteiger partial charge in [-0.15, -0.1) is 11.3 Å². The van der Waals surface area contributed by atoms with Crippen molar-refractivity contribution in [3.63, 3.8) is 0 Å². The molecule has 3 rings (SSSR count). The molecule has 1 nitrogen and oxygen atoms in total. The van der Waals surface area contributed by atoms with Crippen molar-refractivity contribution >= 4 is 21.4 Å². The highest BCUT2D eigenvalue weighted by atomic mass is 32.1. The Morgan fingerprint density at radius 3 is 2.95 bits per heavy atom. The minimum atomic E-state index is -0.140. The topological polar surface area (TPSA) is 12.0 Å². The van der Waals surface area contributed by atoms with Crippen molar-refractivity contribution in [2.45, 2.75) is 38.6 Å². The Morgan fingerprint density at radius 1 is 1.37 bits per heavy atom. The van der Waals surface area contributed by atoms with Gasteiger partial charge in [-0.05, 0) is 48.9 Å². The predicted molar refractivity (Wildman–Crippen MR) is 80.2 cm³/mol. The quantitative estimate of drug-likeness (QED) is 0.793. The van der Waals surface area contributed by atoms with E-state index in [9.17, 15) is 4.39 Å². The van der Waals surface area contributed by atoms with Crippen molar-refractivity contribution in [2.24, 2.45) is 5.92 Å².